The molecule has 0 unspecified atom stereocenters. The summed E-state index contributed by atoms with van der Waals surface area (Å²) in [7, 11) is 0. The minimum Gasteiger partial charge on any atom is -0.276 e. The molecule has 0 saturated heterocycles. The van der Waals surface area contributed by atoms with Gasteiger partial charge in [-0.1, -0.05) is 6.07 Å². The second kappa shape index (κ2) is 9.12. The summed E-state index contributed by atoms with van der Waals surface area (Å²) in [4.78, 5) is 41.4. The predicted molar refractivity (Wildman–Crippen MR) is 90.1 cm³/mol. The fourth-order valence-corrected chi connectivity index (χ4v) is 1.84. The molecule has 124 valence electrons. The maximum absolute atomic E-state index is 10.6. The molecule has 0 atom stereocenters. The summed E-state index contributed by atoms with van der Waals surface area (Å²) in [6, 6.07) is 11.1. The first-order valence-electron chi connectivity index (χ1n) is 6.16. The number of nitro groups is 1. The van der Waals surface area contributed by atoms with E-state index in [1.807, 2.05) is 0 Å². The molecule has 0 aliphatic rings. The Labute approximate surface area is 151 Å². The zero-order valence-electron chi connectivity index (χ0n) is 11.7. The Kier molecular flexibility index (Phi) is 7.51. The third-order valence-electron chi connectivity index (χ3n) is 2.62. The van der Waals surface area contributed by atoms with Crippen LogP contribution in [0.5, 0.6) is 0 Å². The Morgan fingerprint density at radius 3 is 1.50 bits per heavy atom. The van der Waals surface area contributed by atoms with E-state index in [4.69, 9.17) is 34.8 Å². The molecule has 0 radical (unpaired) electrons. The van der Waals surface area contributed by atoms with Crippen molar-refractivity contribution in [2.45, 2.75) is 0 Å². The SMILES string of the molecule is O=C(Cl)c1ccc(C(=O)Cl)cc1.O=C(Cl)c1cccc([N+](=O)[O-])c1. The van der Waals surface area contributed by atoms with Crippen LogP contribution in [0.2, 0.25) is 0 Å². The second-order valence-electron chi connectivity index (χ2n) is 4.21. The first kappa shape index (κ1) is 19.8. The van der Waals surface area contributed by atoms with Crippen molar-refractivity contribution in [2.24, 2.45) is 0 Å². The van der Waals surface area contributed by atoms with E-state index in [1.54, 1.807) is 0 Å². The van der Waals surface area contributed by atoms with Crippen molar-refractivity contribution in [1.82, 2.24) is 0 Å². The Hall–Kier alpha value is -2.28. The lowest BCUT2D eigenvalue weighted by molar-refractivity contribution is -0.384. The van der Waals surface area contributed by atoms with Gasteiger partial charge in [-0.05, 0) is 65.1 Å². The van der Waals surface area contributed by atoms with Crippen molar-refractivity contribution < 1.29 is 19.3 Å². The molecule has 2 aromatic rings. The van der Waals surface area contributed by atoms with Crippen molar-refractivity contribution in [1.29, 1.82) is 0 Å². The lowest BCUT2D eigenvalue weighted by atomic mass is 10.2. The minimum absolute atomic E-state index is 0.130. The topological polar surface area (TPSA) is 94.3 Å². The van der Waals surface area contributed by atoms with Gasteiger partial charge in [0.1, 0.15) is 0 Å². The van der Waals surface area contributed by atoms with Gasteiger partial charge < -0.3 is 0 Å². The fraction of sp³-hybridized carbons (Fsp3) is 0. The Morgan fingerprint density at radius 2 is 1.17 bits per heavy atom. The van der Waals surface area contributed by atoms with Crippen LogP contribution >= 0.6 is 34.8 Å². The number of rotatable bonds is 4. The number of nitrogens with zero attached hydrogens (tertiary/aromatic N) is 1. The summed E-state index contributed by atoms with van der Waals surface area (Å²) < 4.78 is 0. The van der Waals surface area contributed by atoms with Crippen LogP contribution in [-0.4, -0.2) is 20.7 Å². The van der Waals surface area contributed by atoms with Gasteiger partial charge in [0.2, 0.25) is 0 Å². The highest BCUT2D eigenvalue weighted by Crippen LogP contribution is 2.14. The first-order chi connectivity index (χ1) is 11.2. The van der Waals surface area contributed by atoms with Crippen LogP contribution in [0.25, 0.3) is 0 Å². The number of halogens is 3. The van der Waals surface area contributed by atoms with E-state index in [9.17, 15) is 24.5 Å². The number of benzene rings is 2. The lowest BCUT2D eigenvalue weighted by Crippen LogP contribution is -1.92. The molecule has 2 aromatic carbocycles. The summed E-state index contributed by atoms with van der Waals surface area (Å²) in [5.74, 6) is 0. The zero-order chi connectivity index (χ0) is 18.3. The normalized spacial score (nSPS) is 9.46. The lowest BCUT2D eigenvalue weighted by Gasteiger charge is -1.94. The molecule has 0 N–H and O–H groups in total. The van der Waals surface area contributed by atoms with Crippen LogP contribution < -0.4 is 0 Å². The predicted octanol–water partition coefficient (Wildman–Crippen LogP) is 4.42. The third-order valence-corrected chi connectivity index (χ3v) is 3.28. The second-order valence-corrected chi connectivity index (χ2v) is 5.24. The van der Waals surface area contributed by atoms with E-state index in [2.05, 4.69) is 0 Å². The van der Waals surface area contributed by atoms with Crippen LogP contribution in [0.3, 0.4) is 0 Å². The highest BCUT2D eigenvalue weighted by molar-refractivity contribution is 6.68. The molecule has 6 nitrogen and oxygen atoms in total. The molecule has 0 aliphatic heterocycles. The minimum atomic E-state index is -0.696. The zero-order valence-corrected chi connectivity index (χ0v) is 14.0. The molecular weight excluding hydrogens is 381 g/mol. The average molecular weight is 389 g/mol. The van der Waals surface area contributed by atoms with Gasteiger partial charge in [0, 0.05) is 28.8 Å². The van der Waals surface area contributed by atoms with Gasteiger partial charge in [0.15, 0.2) is 0 Å². The van der Waals surface area contributed by atoms with E-state index in [1.165, 1.54) is 42.5 Å². The van der Waals surface area contributed by atoms with Crippen LogP contribution in [0, 0.1) is 10.1 Å². The molecule has 0 bridgehead atoms. The Balaban J connectivity index is 0.000000240. The van der Waals surface area contributed by atoms with Gasteiger partial charge in [0.25, 0.3) is 21.4 Å². The van der Waals surface area contributed by atoms with E-state index in [0.29, 0.717) is 11.1 Å². The van der Waals surface area contributed by atoms with Crippen LogP contribution in [-0.2, 0) is 0 Å². The van der Waals surface area contributed by atoms with Crippen molar-refractivity contribution in [3.05, 3.63) is 75.3 Å². The number of hydrogen-bond acceptors (Lipinski definition) is 5. The van der Waals surface area contributed by atoms with Crippen molar-refractivity contribution in [2.75, 3.05) is 0 Å². The standard InChI is InChI=1S/C8H4Cl2O2.C7H4ClNO3/c9-7(11)5-1-2-6(4-3-5)8(10)12;8-7(10)5-2-1-3-6(4-5)9(11)12/h2*1-4H. The van der Waals surface area contributed by atoms with Crippen LogP contribution in [0.4, 0.5) is 5.69 Å². The Bertz CT molecular complexity index is 728. The number of hydrogen-bond donors (Lipinski definition) is 0. The summed E-state index contributed by atoms with van der Waals surface area (Å²) in [5.41, 5.74) is 0.684. The van der Waals surface area contributed by atoms with Gasteiger partial charge in [-0.2, -0.15) is 0 Å². The summed E-state index contributed by atoms with van der Waals surface area (Å²) in [5, 5.41) is 8.43. The third kappa shape index (κ3) is 6.08. The molecule has 24 heavy (non-hydrogen) atoms. The van der Waals surface area contributed by atoms with E-state index >= 15 is 0 Å². The molecule has 0 amide bonds. The van der Waals surface area contributed by atoms with Gasteiger partial charge >= 0.3 is 0 Å². The monoisotopic (exact) mass is 387 g/mol. The van der Waals surface area contributed by atoms with Crippen LogP contribution in [0.1, 0.15) is 31.1 Å². The van der Waals surface area contributed by atoms with Crippen molar-refractivity contribution in [3.63, 3.8) is 0 Å². The molecule has 2 rings (SSSR count). The average Bonchev–Trinajstić information content (AvgIpc) is 2.55. The number of carbonyl (C=O) groups is 3. The molecule has 0 spiro atoms. The molecule has 9 heteroatoms. The quantitative estimate of drug-likeness (QED) is 0.439. The molecular formula is C15H8Cl3NO5. The smallest absolute Gasteiger partial charge is 0.270 e. The Morgan fingerprint density at radius 1 is 0.750 bits per heavy atom. The summed E-state index contributed by atoms with van der Waals surface area (Å²) in [6.07, 6.45) is 0. The molecule has 0 fully saturated rings. The maximum Gasteiger partial charge on any atom is 0.270 e. The molecule has 0 aliphatic carbocycles. The summed E-state index contributed by atoms with van der Waals surface area (Å²) in [6.45, 7) is 0. The first-order valence-corrected chi connectivity index (χ1v) is 7.29. The van der Waals surface area contributed by atoms with E-state index in [0.717, 1.165) is 6.07 Å². The van der Waals surface area contributed by atoms with Gasteiger partial charge in [-0.3, -0.25) is 24.5 Å². The van der Waals surface area contributed by atoms with E-state index in [-0.39, 0.29) is 11.3 Å². The summed E-state index contributed by atoms with van der Waals surface area (Å²) >= 11 is 15.5. The molecule has 0 saturated carbocycles. The fourth-order valence-electron chi connectivity index (χ4n) is 1.47. The highest BCUT2D eigenvalue weighted by Gasteiger charge is 2.08. The number of non-ortho nitro benzene ring substituents is 1. The number of carbonyl (C=O) groups excluding carboxylic acids is 3. The number of nitro benzene ring substituents is 1. The van der Waals surface area contributed by atoms with E-state index < -0.39 is 20.7 Å². The molecule has 0 heterocycles. The van der Waals surface area contributed by atoms with Gasteiger partial charge in [-0.25, -0.2) is 0 Å². The van der Waals surface area contributed by atoms with Crippen molar-refractivity contribution in [3.8, 4) is 0 Å². The maximum atomic E-state index is 10.6. The molecule has 0 aromatic heterocycles. The highest BCUT2D eigenvalue weighted by atomic mass is 35.5. The van der Waals surface area contributed by atoms with Gasteiger partial charge in [-0.15, -0.1) is 0 Å². The van der Waals surface area contributed by atoms with Crippen LogP contribution in [0.15, 0.2) is 48.5 Å². The largest absolute Gasteiger partial charge is 0.276 e. The van der Waals surface area contributed by atoms with Crippen molar-refractivity contribution >= 4 is 56.2 Å². The van der Waals surface area contributed by atoms with Gasteiger partial charge in [0.05, 0.1) is 4.92 Å².